The van der Waals surface area contributed by atoms with Gasteiger partial charge in [0.15, 0.2) is 0 Å². The molecule has 0 radical (unpaired) electrons. The molecule has 1 saturated heterocycles. The second-order valence-electron chi connectivity index (χ2n) is 5.37. The van der Waals surface area contributed by atoms with Crippen LogP contribution in [0.4, 0.5) is 5.82 Å². The molecular formula is C14H24N4. The second-order valence-corrected chi connectivity index (χ2v) is 5.37. The number of nitrogens with two attached hydrogens (primary N) is 1. The van der Waals surface area contributed by atoms with Crippen LogP contribution in [0.1, 0.15) is 19.4 Å². The van der Waals surface area contributed by atoms with E-state index in [-0.39, 0.29) is 0 Å². The van der Waals surface area contributed by atoms with Crippen LogP contribution in [0, 0.1) is 5.92 Å². The van der Waals surface area contributed by atoms with Crippen LogP contribution in [0.2, 0.25) is 0 Å². The molecule has 2 heterocycles. The molecule has 0 unspecified atom stereocenters. The summed E-state index contributed by atoms with van der Waals surface area (Å²) >= 11 is 0. The van der Waals surface area contributed by atoms with Gasteiger partial charge in [0.25, 0.3) is 0 Å². The Hall–Kier alpha value is -1.13. The Morgan fingerprint density at radius 1 is 1.28 bits per heavy atom. The van der Waals surface area contributed by atoms with Crippen LogP contribution >= 0.6 is 0 Å². The molecule has 1 aliphatic heterocycles. The van der Waals surface area contributed by atoms with Gasteiger partial charge in [-0.1, -0.05) is 19.9 Å². The molecule has 1 aromatic heterocycles. The van der Waals surface area contributed by atoms with Gasteiger partial charge in [-0.05, 0) is 12.0 Å². The fourth-order valence-corrected chi connectivity index (χ4v) is 2.53. The molecule has 1 aliphatic rings. The van der Waals surface area contributed by atoms with Crippen LogP contribution in [0.5, 0.6) is 0 Å². The van der Waals surface area contributed by atoms with E-state index >= 15 is 0 Å². The van der Waals surface area contributed by atoms with Crippen LogP contribution in [0.3, 0.4) is 0 Å². The van der Waals surface area contributed by atoms with E-state index in [1.807, 2.05) is 12.3 Å². The highest BCUT2D eigenvalue weighted by Crippen LogP contribution is 2.18. The molecule has 1 fully saturated rings. The summed E-state index contributed by atoms with van der Waals surface area (Å²) in [5, 5.41) is 0. The highest BCUT2D eigenvalue weighted by Gasteiger charge is 2.19. The zero-order chi connectivity index (χ0) is 13.0. The third-order valence-electron chi connectivity index (χ3n) is 3.38. The van der Waals surface area contributed by atoms with Crippen LogP contribution in [0.25, 0.3) is 0 Å². The minimum absolute atomic E-state index is 0.565. The average Bonchev–Trinajstić information content (AvgIpc) is 2.39. The molecular weight excluding hydrogens is 224 g/mol. The molecule has 0 spiro atoms. The highest BCUT2D eigenvalue weighted by molar-refractivity contribution is 5.47. The Bertz CT molecular complexity index is 370. The highest BCUT2D eigenvalue weighted by atomic mass is 15.3. The van der Waals surface area contributed by atoms with Crippen molar-refractivity contribution in [1.82, 2.24) is 9.88 Å². The summed E-state index contributed by atoms with van der Waals surface area (Å²) in [7, 11) is 0. The van der Waals surface area contributed by atoms with Crippen LogP contribution in [-0.2, 0) is 6.54 Å². The number of pyridine rings is 1. The molecule has 0 saturated carbocycles. The normalized spacial score (nSPS) is 17.4. The van der Waals surface area contributed by atoms with Crippen molar-refractivity contribution >= 4 is 5.82 Å². The average molecular weight is 248 g/mol. The summed E-state index contributed by atoms with van der Waals surface area (Å²) in [5.74, 6) is 1.82. The van der Waals surface area contributed by atoms with Crippen molar-refractivity contribution in [2.24, 2.45) is 11.7 Å². The quantitative estimate of drug-likeness (QED) is 0.873. The molecule has 1 aromatic rings. The molecule has 100 valence electrons. The van der Waals surface area contributed by atoms with Crippen LogP contribution in [0.15, 0.2) is 18.3 Å². The number of anilines is 1. The monoisotopic (exact) mass is 248 g/mol. The third kappa shape index (κ3) is 3.21. The van der Waals surface area contributed by atoms with Crippen LogP contribution < -0.4 is 10.6 Å². The zero-order valence-corrected chi connectivity index (χ0v) is 11.5. The summed E-state index contributed by atoms with van der Waals surface area (Å²) in [6.07, 6.45) is 1.86. The smallest absolute Gasteiger partial charge is 0.133 e. The Morgan fingerprint density at radius 2 is 2.00 bits per heavy atom. The van der Waals surface area contributed by atoms with Gasteiger partial charge in [0.05, 0.1) is 0 Å². The van der Waals surface area contributed by atoms with Gasteiger partial charge < -0.3 is 10.6 Å². The lowest BCUT2D eigenvalue weighted by Crippen LogP contribution is -2.48. The Labute approximate surface area is 110 Å². The van der Waals surface area contributed by atoms with Crippen molar-refractivity contribution in [1.29, 1.82) is 0 Å². The Kier molecular flexibility index (Phi) is 4.55. The lowest BCUT2D eigenvalue weighted by Gasteiger charge is -2.36. The van der Waals surface area contributed by atoms with Gasteiger partial charge in [-0.2, -0.15) is 0 Å². The predicted octanol–water partition coefficient (Wildman–Crippen LogP) is 1.32. The van der Waals surface area contributed by atoms with E-state index in [0.717, 1.165) is 43.5 Å². The van der Waals surface area contributed by atoms with E-state index in [2.05, 4.69) is 34.7 Å². The molecule has 18 heavy (non-hydrogen) atoms. The summed E-state index contributed by atoms with van der Waals surface area (Å²) in [5.41, 5.74) is 6.92. The third-order valence-corrected chi connectivity index (χ3v) is 3.38. The minimum Gasteiger partial charge on any atom is -0.354 e. The first-order valence-electron chi connectivity index (χ1n) is 6.82. The van der Waals surface area contributed by atoms with Gasteiger partial charge in [0, 0.05) is 51.0 Å². The molecule has 0 aliphatic carbocycles. The number of nitrogens with zero attached hydrogens (tertiary/aromatic N) is 3. The maximum Gasteiger partial charge on any atom is 0.133 e. The molecule has 0 aromatic carbocycles. The summed E-state index contributed by atoms with van der Waals surface area (Å²) in [6, 6.07) is 4.03. The van der Waals surface area contributed by atoms with Crippen molar-refractivity contribution in [3.05, 3.63) is 23.9 Å². The van der Waals surface area contributed by atoms with Crippen molar-refractivity contribution in [3.8, 4) is 0 Å². The van der Waals surface area contributed by atoms with Crippen molar-refractivity contribution < 1.29 is 0 Å². The van der Waals surface area contributed by atoms with Gasteiger partial charge in [-0.3, -0.25) is 4.90 Å². The Morgan fingerprint density at radius 3 is 2.61 bits per heavy atom. The molecule has 2 N–H and O–H groups in total. The molecule has 0 amide bonds. The molecule has 0 atom stereocenters. The second kappa shape index (κ2) is 6.16. The largest absolute Gasteiger partial charge is 0.354 e. The van der Waals surface area contributed by atoms with Gasteiger partial charge in [0.1, 0.15) is 5.82 Å². The first-order valence-corrected chi connectivity index (χ1v) is 6.82. The van der Waals surface area contributed by atoms with Crippen molar-refractivity contribution in [3.63, 3.8) is 0 Å². The first kappa shape index (κ1) is 13.3. The first-order chi connectivity index (χ1) is 8.70. The SMILES string of the molecule is CC(C)CN1CCN(c2ncccc2CN)CC1. The lowest BCUT2D eigenvalue weighted by molar-refractivity contribution is 0.231. The van der Waals surface area contributed by atoms with E-state index in [0.29, 0.717) is 6.54 Å². The fraction of sp³-hybridized carbons (Fsp3) is 0.643. The lowest BCUT2D eigenvalue weighted by atomic mass is 10.1. The van der Waals surface area contributed by atoms with Crippen molar-refractivity contribution in [2.75, 3.05) is 37.6 Å². The van der Waals surface area contributed by atoms with E-state index < -0.39 is 0 Å². The maximum absolute atomic E-state index is 5.77. The van der Waals surface area contributed by atoms with Gasteiger partial charge in [-0.15, -0.1) is 0 Å². The van der Waals surface area contributed by atoms with E-state index in [9.17, 15) is 0 Å². The Balaban J connectivity index is 1.97. The van der Waals surface area contributed by atoms with E-state index in [4.69, 9.17) is 5.73 Å². The zero-order valence-electron chi connectivity index (χ0n) is 11.5. The van der Waals surface area contributed by atoms with Gasteiger partial charge in [0.2, 0.25) is 0 Å². The standard InChI is InChI=1S/C14H24N4/c1-12(2)11-17-6-8-18(9-7-17)14-13(10-15)4-3-5-16-14/h3-5,12H,6-11,15H2,1-2H3. The minimum atomic E-state index is 0.565. The van der Waals surface area contributed by atoms with Crippen LogP contribution in [-0.4, -0.2) is 42.6 Å². The summed E-state index contributed by atoms with van der Waals surface area (Å²) in [4.78, 5) is 9.38. The summed E-state index contributed by atoms with van der Waals surface area (Å²) in [6.45, 7) is 10.7. The van der Waals surface area contributed by atoms with Gasteiger partial charge in [-0.25, -0.2) is 4.98 Å². The van der Waals surface area contributed by atoms with Crippen molar-refractivity contribution in [2.45, 2.75) is 20.4 Å². The fourth-order valence-electron chi connectivity index (χ4n) is 2.53. The molecule has 4 heteroatoms. The topological polar surface area (TPSA) is 45.4 Å². The number of aromatic nitrogens is 1. The number of piperazine rings is 1. The molecule has 0 bridgehead atoms. The number of rotatable bonds is 4. The number of hydrogen-bond acceptors (Lipinski definition) is 4. The molecule has 4 nitrogen and oxygen atoms in total. The van der Waals surface area contributed by atoms with E-state index in [1.54, 1.807) is 0 Å². The predicted molar refractivity (Wildman–Crippen MR) is 75.6 cm³/mol. The van der Waals surface area contributed by atoms with Gasteiger partial charge >= 0.3 is 0 Å². The van der Waals surface area contributed by atoms with E-state index in [1.165, 1.54) is 6.54 Å². The number of hydrogen-bond donors (Lipinski definition) is 1. The summed E-state index contributed by atoms with van der Waals surface area (Å²) < 4.78 is 0. The maximum atomic E-state index is 5.77. The molecule has 2 rings (SSSR count).